The summed E-state index contributed by atoms with van der Waals surface area (Å²) in [6, 6.07) is 2.29. The molecule has 1 atom stereocenters. The number of likely N-dealkylation sites (N-methyl/N-ethyl adjacent to an activating group) is 1. The van der Waals surface area contributed by atoms with Gasteiger partial charge in [0.05, 0.1) is 9.35 Å². The number of likely N-dealkylation sites (tertiary alicyclic amines) is 1. The highest BCUT2D eigenvalue weighted by Gasteiger charge is 2.29. The maximum Gasteiger partial charge on any atom is 0.255 e. The smallest absolute Gasteiger partial charge is 0.255 e. The molecular formula is C12H17BrN2OS. The molecule has 5 heteroatoms. The molecule has 2 heterocycles. The molecule has 0 radical (unpaired) electrons. The van der Waals surface area contributed by atoms with E-state index in [2.05, 4.69) is 34.9 Å². The molecule has 1 aromatic rings. The first-order chi connectivity index (χ1) is 8.08. The minimum absolute atomic E-state index is 0.177. The lowest BCUT2D eigenvalue weighted by atomic mass is 10.2. The molecule has 2 rings (SSSR count). The van der Waals surface area contributed by atoms with E-state index in [0.29, 0.717) is 6.04 Å². The van der Waals surface area contributed by atoms with Crippen LogP contribution in [0.1, 0.15) is 23.2 Å². The number of nitrogens with zero attached hydrogens (tertiary/aromatic N) is 2. The molecule has 0 aliphatic carbocycles. The second kappa shape index (κ2) is 5.50. The fraction of sp³-hybridized carbons (Fsp3) is 0.583. The molecule has 1 aliphatic rings. The third kappa shape index (κ3) is 3.09. The Morgan fingerprint density at radius 2 is 2.41 bits per heavy atom. The van der Waals surface area contributed by atoms with Crippen LogP contribution in [0.5, 0.6) is 0 Å². The maximum absolute atomic E-state index is 12.3. The van der Waals surface area contributed by atoms with Crippen molar-refractivity contribution in [2.75, 3.05) is 27.2 Å². The van der Waals surface area contributed by atoms with Gasteiger partial charge in [-0.1, -0.05) is 0 Å². The van der Waals surface area contributed by atoms with Gasteiger partial charge in [-0.25, -0.2) is 0 Å². The molecule has 17 heavy (non-hydrogen) atoms. The van der Waals surface area contributed by atoms with E-state index >= 15 is 0 Å². The van der Waals surface area contributed by atoms with Crippen LogP contribution in [0, 0.1) is 0 Å². The molecule has 0 saturated carbocycles. The highest BCUT2D eigenvalue weighted by molar-refractivity contribution is 9.11. The molecule has 1 fully saturated rings. The predicted molar refractivity (Wildman–Crippen MR) is 74.6 cm³/mol. The third-order valence-electron chi connectivity index (χ3n) is 3.03. The Hall–Kier alpha value is -0.390. The summed E-state index contributed by atoms with van der Waals surface area (Å²) in [6.45, 7) is 1.85. The van der Waals surface area contributed by atoms with Gasteiger partial charge in [-0.15, -0.1) is 11.3 Å². The zero-order valence-corrected chi connectivity index (χ0v) is 12.6. The Bertz CT molecular complexity index is 405. The van der Waals surface area contributed by atoms with E-state index in [0.717, 1.165) is 35.3 Å². The van der Waals surface area contributed by atoms with E-state index in [4.69, 9.17) is 0 Å². The van der Waals surface area contributed by atoms with Gasteiger partial charge in [0.25, 0.3) is 5.91 Å². The number of carbonyl (C=O) groups is 1. The molecule has 1 amide bonds. The van der Waals surface area contributed by atoms with Gasteiger partial charge in [-0.2, -0.15) is 0 Å². The summed E-state index contributed by atoms with van der Waals surface area (Å²) in [5.74, 6) is 0.177. The van der Waals surface area contributed by atoms with Crippen molar-refractivity contribution >= 4 is 33.2 Å². The van der Waals surface area contributed by atoms with Crippen molar-refractivity contribution in [3.63, 3.8) is 0 Å². The average molecular weight is 317 g/mol. The zero-order valence-electron chi connectivity index (χ0n) is 10.1. The van der Waals surface area contributed by atoms with Crippen LogP contribution in [0.15, 0.2) is 15.2 Å². The lowest BCUT2D eigenvalue weighted by Gasteiger charge is -2.26. The van der Waals surface area contributed by atoms with E-state index in [1.165, 1.54) is 0 Å². The Labute approximate surface area is 115 Å². The summed E-state index contributed by atoms with van der Waals surface area (Å²) in [4.78, 5) is 16.5. The lowest BCUT2D eigenvalue weighted by molar-refractivity contribution is 0.0717. The molecule has 1 saturated heterocycles. The van der Waals surface area contributed by atoms with Gasteiger partial charge in [0.1, 0.15) is 0 Å². The second-order valence-electron chi connectivity index (χ2n) is 4.70. The normalized spacial score (nSPS) is 20.2. The summed E-state index contributed by atoms with van der Waals surface area (Å²) in [5, 5.41) is 1.93. The number of halogens is 1. The standard InChI is InChI=1S/C12H17BrN2OS/c1-14(2)7-10-4-3-5-15(10)12(16)9-6-11(13)17-8-9/h6,8,10H,3-5,7H2,1-2H3. The highest BCUT2D eigenvalue weighted by atomic mass is 79.9. The molecule has 1 aromatic heterocycles. The monoisotopic (exact) mass is 316 g/mol. The number of amides is 1. The van der Waals surface area contributed by atoms with Crippen LogP contribution in [0.2, 0.25) is 0 Å². The van der Waals surface area contributed by atoms with Crippen LogP contribution < -0.4 is 0 Å². The van der Waals surface area contributed by atoms with Crippen molar-refractivity contribution in [2.45, 2.75) is 18.9 Å². The Balaban J connectivity index is 2.08. The van der Waals surface area contributed by atoms with E-state index in [1.54, 1.807) is 11.3 Å². The van der Waals surface area contributed by atoms with Gasteiger partial charge in [0.15, 0.2) is 0 Å². The summed E-state index contributed by atoms with van der Waals surface area (Å²) in [6.07, 6.45) is 2.24. The van der Waals surface area contributed by atoms with Gasteiger partial charge in [0, 0.05) is 24.5 Å². The Morgan fingerprint density at radius 3 is 3.00 bits per heavy atom. The van der Waals surface area contributed by atoms with Crippen LogP contribution in [-0.2, 0) is 0 Å². The predicted octanol–water partition coefficient (Wildman–Crippen LogP) is 2.68. The molecular weight excluding hydrogens is 300 g/mol. The van der Waals surface area contributed by atoms with Crippen molar-refractivity contribution in [1.82, 2.24) is 9.80 Å². The van der Waals surface area contributed by atoms with E-state index in [1.807, 2.05) is 16.3 Å². The van der Waals surface area contributed by atoms with E-state index in [-0.39, 0.29) is 5.91 Å². The first kappa shape index (κ1) is 13.1. The largest absolute Gasteiger partial charge is 0.334 e. The zero-order chi connectivity index (χ0) is 12.4. The SMILES string of the molecule is CN(C)CC1CCCN1C(=O)c1csc(Br)c1. The Morgan fingerprint density at radius 1 is 1.65 bits per heavy atom. The molecule has 0 aromatic carbocycles. The molecule has 1 unspecified atom stereocenters. The first-order valence-corrected chi connectivity index (χ1v) is 7.45. The number of thiophene rings is 1. The lowest BCUT2D eigenvalue weighted by Crippen LogP contribution is -2.41. The molecule has 0 N–H and O–H groups in total. The first-order valence-electron chi connectivity index (χ1n) is 5.77. The topological polar surface area (TPSA) is 23.6 Å². The van der Waals surface area contributed by atoms with E-state index < -0.39 is 0 Å². The van der Waals surface area contributed by atoms with Crippen molar-refractivity contribution in [2.24, 2.45) is 0 Å². The average Bonchev–Trinajstić information content (AvgIpc) is 2.85. The molecule has 0 spiro atoms. The third-order valence-corrected chi connectivity index (χ3v) is 4.53. The van der Waals surface area contributed by atoms with Crippen molar-refractivity contribution < 1.29 is 4.79 Å². The number of rotatable bonds is 3. The second-order valence-corrected chi connectivity index (χ2v) is 6.99. The van der Waals surface area contributed by atoms with Crippen LogP contribution in [-0.4, -0.2) is 48.9 Å². The summed E-state index contributed by atoms with van der Waals surface area (Å²) in [5.41, 5.74) is 0.813. The van der Waals surface area contributed by atoms with Crippen molar-refractivity contribution in [3.8, 4) is 0 Å². The fourth-order valence-electron chi connectivity index (χ4n) is 2.30. The number of hydrogen-bond donors (Lipinski definition) is 0. The van der Waals surface area contributed by atoms with E-state index in [9.17, 15) is 4.79 Å². The van der Waals surface area contributed by atoms with Gasteiger partial charge >= 0.3 is 0 Å². The minimum atomic E-state index is 0.177. The van der Waals surface area contributed by atoms with Gasteiger partial charge in [-0.05, 0) is 48.9 Å². The molecule has 94 valence electrons. The number of carbonyl (C=O) groups excluding carboxylic acids is 1. The maximum atomic E-state index is 12.3. The minimum Gasteiger partial charge on any atom is -0.334 e. The van der Waals surface area contributed by atoms with Crippen LogP contribution in [0.3, 0.4) is 0 Å². The Kier molecular flexibility index (Phi) is 4.22. The summed E-state index contributed by atoms with van der Waals surface area (Å²) < 4.78 is 1.02. The fourth-order valence-corrected chi connectivity index (χ4v) is 3.43. The molecule has 0 bridgehead atoms. The van der Waals surface area contributed by atoms with Crippen LogP contribution >= 0.6 is 27.3 Å². The summed E-state index contributed by atoms with van der Waals surface area (Å²) in [7, 11) is 4.12. The summed E-state index contributed by atoms with van der Waals surface area (Å²) >= 11 is 4.97. The molecule has 3 nitrogen and oxygen atoms in total. The van der Waals surface area contributed by atoms with Crippen LogP contribution in [0.25, 0.3) is 0 Å². The highest BCUT2D eigenvalue weighted by Crippen LogP contribution is 2.25. The quantitative estimate of drug-likeness (QED) is 0.856. The van der Waals surface area contributed by atoms with Crippen molar-refractivity contribution in [1.29, 1.82) is 0 Å². The van der Waals surface area contributed by atoms with Gasteiger partial charge in [0.2, 0.25) is 0 Å². The van der Waals surface area contributed by atoms with Crippen molar-refractivity contribution in [3.05, 3.63) is 20.8 Å². The van der Waals surface area contributed by atoms with Gasteiger partial charge < -0.3 is 9.80 Å². The number of hydrogen-bond acceptors (Lipinski definition) is 3. The molecule has 1 aliphatic heterocycles. The van der Waals surface area contributed by atoms with Gasteiger partial charge in [-0.3, -0.25) is 4.79 Å². The van der Waals surface area contributed by atoms with Crippen LogP contribution in [0.4, 0.5) is 0 Å².